The Morgan fingerprint density at radius 2 is 1.92 bits per heavy atom. The van der Waals surface area contributed by atoms with Crippen molar-refractivity contribution in [2.75, 3.05) is 20.3 Å². The first-order valence-electron chi connectivity index (χ1n) is 7.54. The van der Waals surface area contributed by atoms with E-state index in [4.69, 9.17) is 4.74 Å². The number of carbonyl (C=O) groups is 3. The molecule has 0 saturated carbocycles. The van der Waals surface area contributed by atoms with E-state index in [1.165, 1.54) is 11.3 Å². The summed E-state index contributed by atoms with van der Waals surface area (Å²) in [7, 11) is 1.16. The van der Waals surface area contributed by atoms with Crippen molar-refractivity contribution in [2.24, 2.45) is 0 Å². The number of nitrogens with zero attached hydrogens (tertiary/aromatic N) is 1. The van der Waals surface area contributed by atoms with Crippen molar-refractivity contribution in [3.05, 3.63) is 40.6 Å². The quantitative estimate of drug-likeness (QED) is 0.577. The van der Waals surface area contributed by atoms with Gasteiger partial charge in [0.15, 0.2) is 0 Å². The normalized spacial score (nSPS) is 14.4. The molecule has 1 aliphatic rings. The molecule has 0 aliphatic carbocycles. The average molecular weight is 365 g/mol. The Kier molecular flexibility index (Phi) is 6.43. The number of carbonyl (C=O) groups excluding carboxylic acids is 3. The molecule has 0 radical (unpaired) electrons. The monoisotopic (exact) mass is 365 g/mol. The lowest BCUT2D eigenvalue weighted by molar-refractivity contribution is -0.137. The minimum atomic E-state index is -0.784. The van der Waals surface area contributed by atoms with Crippen LogP contribution >= 0.6 is 11.3 Å². The van der Waals surface area contributed by atoms with Gasteiger partial charge in [0.25, 0.3) is 11.8 Å². The predicted molar refractivity (Wildman–Crippen MR) is 90.8 cm³/mol. The zero-order chi connectivity index (χ0) is 18.4. The molecule has 0 unspecified atom stereocenters. The van der Waals surface area contributed by atoms with Crippen LogP contribution in [-0.2, 0) is 19.1 Å². The highest BCUT2D eigenvalue weighted by atomic mass is 32.1. The van der Waals surface area contributed by atoms with Gasteiger partial charge in [0, 0.05) is 24.5 Å². The molecule has 0 spiro atoms. The van der Waals surface area contributed by atoms with E-state index in [2.05, 4.69) is 33.5 Å². The third kappa shape index (κ3) is 4.97. The lowest BCUT2D eigenvalue weighted by Gasteiger charge is -2.19. The second kappa shape index (κ2) is 8.54. The third-order valence-corrected chi connectivity index (χ3v) is 4.57. The number of hydrogen-bond acceptors (Lipinski definition) is 7. The van der Waals surface area contributed by atoms with Crippen molar-refractivity contribution in [1.29, 1.82) is 0 Å². The van der Waals surface area contributed by atoms with Crippen LogP contribution in [0.3, 0.4) is 0 Å². The van der Waals surface area contributed by atoms with Gasteiger partial charge >= 0.3 is 5.97 Å². The molecular weight excluding hydrogens is 346 g/mol. The molecule has 2 rings (SSSR count). The smallest absolute Gasteiger partial charge is 0.353 e. The minimum absolute atomic E-state index is 0.215. The molecule has 2 amide bonds. The highest BCUT2D eigenvalue weighted by Gasteiger charge is 2.22. The SMILES string of the molecule is C=C(NC(=O)c1csc(C2CCOCC2)n1)C(=O)NC(=C)C(=O)OC. The Bertz CT molecular complexity index is 706. The highest BCUT2D eigenvalue weighted by Crippen LogP contribution is 2.29. The lowest BCUT2D eigenvalue weighted by Crippen LogP contribution is -2.35. The standard InChI is InChI=1S/C16H19N3O5S/c1-9(13(20)18-10(2)16(22)23-3)17-14(21)12-8-25-15(19-12)11-4-6-24-7-5-11/h8,11H,1-2,4-7H2,3H3,(H,17,21)(H,18,20). The van der Waals surface area contributed by atoms with Crippen LogP contribution in [0.4, 0.5) is 0 Å². The van der Waals surface area contributed by atoms with Gasteiger partial charge < -0.3 is 20.1 Å². The Balaban J connectivity index is 1.91. The van der Waals surface area contributed by atoms with Crippen LogP contribution < -0.4 is 10.6 Å². The van der Waals surface area contributed by atoms with Crippen LogP contribution in [-0.4, -0.2) is 43.1 Å². The van der Waals surface area contributed by atoms with Crippen LogP contribution in [0.5, 0.6) is 0 Å². The van der Waals surface area contributed by atoms with Gasteiger partial charge in [-0.2, -0.15) is 0 Å². The van der Waals surface area contributed by atoms with Crippen molar-refractivity contribution >= 4 is 29.1 Å². The summed E-state index contributed by atoms with van der Waals surface area (Å²) in [5, 5.41) is 7.06. The van der Waals surface area contributed by atoms with Gasteiger partial charge in [0.1, 0.15) is 11.4 Å². The molecule has 1 aliphatic heterocycles. The Morgan fingerprint density at radius 1 is 1.24 bits per heavy atom. The number of nitrogens with one attached hydrogen (secondary N) is 2. The minimum Gasteiger partial charge on any atom is -0.464 e. The molecule has 0 atom stereocenters. The third-order valence-electron chi connectivity index (χ3n) is 3.56. The molecule has 1 aromatic heterocycles. The maximum atomic E-state index is 12.2. The second-order valence-corrected chi connectivity index (χ2v) is 6.20. The van der Waals surface area contributed by atoms with Crippen molar-refractivity contribution < 1.29 is 23.9 Å². The fraction of sp³-hybridized carbons (Fsp3) is 0.375. The number of aromatic nitrogens is 1. The fourth-order valence-corrected chi connectivity index (χ4v) is 3.14. The fourth-order valence-electron chi connectivity index (χ4n) is 2.17. The molecule has 0 aromatic carbocycles. The number of thiazole rings is 1. The summed E-state index contributed by atoms with van der Waals surface area (Å²) in [6, 6.07) is 0. The number of rotatable bonds is 6. The van der Waals surface area contributed by atoms with Crippen molar-refractivity contribution in [3.63, 3.8) is 0 Å². The first-order valence-corrected chi connectivity index (χ1v) is 8.42. The van der Waals surface area contributed by atoms with Crippen molar-refractivity contribution in [3.8, 4) is 0 Å². The molecule has 9 heteroatoms. The summed E-state index contributed by atoms with van der Waals surface area (Å²) < 4.78 is 9.73. The van der Waals surface area contributed by atoms with E-state index in [0.717, 1.165) is 25.0 Å². The summed E-state index contributed by atoms with van der Waals surface area (Å²) in [6.45, 7) is 8.21. The van der Waals surface area contributed by atoms with E-state index >= 15 is 0 Å². The highest BCUT2D eigenvalue weighted by molar-refractivity contribution is 7.09. The maximum Gasteiger partial charge on any atom is 0.353 e. The Labute approximate surface area is 148 Å². The molecule has 25 heavy (non-hydrogen) atoms. The van der Waals surface area contributed by atoms with Gasteiger partial charge in [-0.1, -0.05) is 13.2 Å². The summed E-state index contributed by atoms with van der Waals surface area (Å²) in [5.41, 5.74) is -0.263. The molecule has 8 nitrogen and oxygen atoms in total. The predicted octanol–water partition coefficient (Wildman–Crippen LogP) is 1.08. The lowest BCUT2D eigenvalue weighted by atomic mass is 10.0. The van der Waals surface area contributed by atoms with Crippen molar-refractivity contribution in [1.82, 2.24) is 15.6 Å². The number of amides is 2. The van der Waals surface area contributed by atoms with Gasteiger partial charge in [0.05, 0.1) is 17.8 Å². The van der Waals surface area contributed by atoms with Gasteiger partial charge in [-0.05, 0) is 12.8 Å². The molecule has 0 bridgehead atoms. The van der Waals surface area contributed by atoms with Crippen LogP contribution in [0.1, 0.15) is 34.3 Å². The zero-order valence-corrected chi connectivity index (χ0v) is 14.6. The number of methoxy groups -OCH3 is 1. The maximum absolute atomic E-state index is 12.2. The van der Waals surface area contributed by atoms with Gasteiger partial charge in [0.2, 0.25) is 0 Å². The van der Waals surface area contributed by atoms with Gasteiger partial charge in [-0.25, -0.2) is 9.78 Å². The van der Waals surface area contributed by atoms with Crippen LogP contribution in [0.15, 0.2) is 29.9 Å². The number of hydrogen-bond donors (Lipinski definition) is 2. The van der Waals surface area contributed by atoms with Crippen LogP contribution in [0.25, 0.3) is 0 Å². The van der Waals surface area contributed by atoms with E-state index in [-0.39, 0.29) is 23.0 Å². The first kappa shape index (κ1) is 18.8. The Morgan fingerprint density at radius 3 is 2.56 bits per heavy atom. The topological polar surface area (TPSA) is 107 Å². The average Bonchev–Trinajstić information content (AvgIpc) is 3.11. The molecular formula is C16H19N3O5S. The molecule has 134 valence electrons. The van der Waals surface area contributed by atoms with E-state index in [0.29, 0.717) is 13.2 Å². The summed E-state index contributed by atoms with van der Waals surface area (Å²) >= 11 is 1.40. The van der Waals surface area contributed by atoms with Crippen LogP contribution in [0.2, 0.25) is 0 Å². The summed E-state index contributed by atoms with van der Waals surface area (Å²) in [6.07, 6.45) is 1.75. The second-order valence-electron chi connectivity index (χ2n) is 5.31. The van der Waals surface area contributed by atoms with Gasteiger partial charge in [-0.3, -0.25) is 9.59 Å². The molecule has 2 N–H and O–H groups in total. The molecule has 1 aromatic rings. The number of ether oxygens (including phenoxy) is 2. The first-order chi connectivity index (χ1) is 11.9. The van der Waals surface area contributed by atoms with E-state index in [9.17, 15) is 14.4 Å². The summed E-state index contributed by atoms with van der Waals surface area (Å²) in [5.74, 6) is -1.80. The van der Waals surface area contributed by atoms with E-state index in [1.54, 1.807) is 5.38 Å². The summed E-state index contributed by atoms with van der Waals surface area (Å²) in [4.78, 5) is 39.6. The Hall–Kier alpha value is -2.52. The van der Waals surface area contributed by atoms with Crippen molar-refractivity contribution in [2.45, 2.75) is 18.8 Å². The van der Waals surface area contributed by atoms with E-state index in [1.807, 2.05) is 0 Å². The zero-order valence-electron chi connectivity index (χ0n) is 13.8. The molecule has 1 saturated heterocycles. The molecule has 2 heterocycles. The number of esters is 1. The van der Waals surface area contributed by atoms with Gasteiger partial charge in [-0.15, -0.1) is 11.3 Å². The molecule has 1 fully saturated rings. The van der Waals surface area contributed by atoms with E-state index < -0.39 is 17.8 Å². The largest absolute Gasteiger partial charge is 0.464 e. The van der Waals surface area contributed by atoms with Crippen LogP contribution in [0, 0.1) is 0 Å².